The van der Waals surface area contributed by atoms with E-state index < -0.39 is 46.8 Å². The van der Waals surface area contributed by atoms with Crippen LogP contribution in [0.5, 0.6) is 0 Å². The van der Waals surface area contributed by atoms with Crippen molar-refractivity contribution in [1.82, 2.24) is 25.2 Å². The average molecular weight is 697 g/mol. The highest BCUT2D eigenvalue weighted by molar-refractivity contribution is 7.80. The molecular weight excluding hydrogens is 658 g/mol. The summed E-state index contributed by atoms with van der Waals surface area (Å²) < 4.78 is 36.7. The number of aliphatic hydroxyl groups is 2. The molecule has 1 aromatic rings. The molecule has 22 heteroatoms. The van der Waals surface area contributed by atoms with Crippen molar-refractivity contribution in [3.8, 4) is 0 Å². The third-order valence-electron chi connectivity index (χ3n) is 6.69. The van der Waals surface area contributed by atoms with Crippen LogP contribution in [0.25, 0.3) is 0 Å². The summed E-state index contributed by atoms with van der Waals surface area (Å²) >= 11 is 4.15. The number of nitrogens with one attached hydrogen (secondary N) is 4. The number of fused-ring (bicyclic) bond motifs is 1. The molecule has 0 aliphatic carbocycles. The molecule has 0 bridgehead atoms. The van der Waals surface area contributed by atoms with Crippen LogP contribution in [-0.4, -0.2) is 102 Å². The molecule has 3 rings (SSSR count). The van der Waals surface area contributed by atoms with Crippen molar-refractivity contribution in [3.05, 3.63) is 17.2 Å². The van der Waals surface area contributed by atoms with Crippen molar-refractivity contribution in [1.29, 1.82) is 5.41 Å². The quantitative estimate of drug-likeness (QED) is 0.0211. The predicted octanol–water partition coefficient (Wildman–Crippen LogP) is -4.26. The zero-order chi connectivity index (χ0) is 33.0. The number of phosphoric acid groups is 2. The van der Waals surface area contributed by atoms with Gasteiger partial charge >= 0.3 is 5.49 Å². The van der Waals surface area contributed by atoms with E-state index >= 15 is 0 Å². The van der Waals surface area contributed by atoms with E-state index in [9.17, 15) is 38.8 Å². The molecule has 45 heavy (non-hydrogen) atoms. The van der Waals surface area contributed by atoms with Crippen LogP contribution in [0.2, 0.25) is 0 Å². The van der Waals surface area contributed by atoms with E-state index in [0.717, 1.165) is 50.8 Å². The predicted molar refractivity (Wildman–Crippen MR) is 155 cm³/mol. The van der Waals surface area contributed by atoms with Crippen LogP contribution < -0.4 is 46.1 Å². The SMILES string of the molecule is N=C(CCCS)CNCCCCCCNC(=O)CNc1ncnc2c1=NC[N+]=2C1OC(COP(=O)([O-])OP(=O)([O-])[O-])C(O)C1O. The summed E-state index contributed by atoms with van der Waals surface area (Å²) in [4.78, 5) is 57.6. The van der Waals surface area contributed by atoms with Crippen LogP contribution in [0.3, 0.4) is 0 Å². The summed E-state index contributed by atoms with van der Waals surface area (Å²) in [6, 6.07) is 0. The van der Waals surface area contributed by atoms with Gasteiger partial charge in [-0.3, -0.25) is 13.7 Å². The van der Waals surface area contributed by atoms with Crippen LogP contribution in [-0.2, 0) is 27.5 Å². The molecule has 0 spiro atoms. The lowest BCUT2D eigenvalue weighted by Gasteiger charge is -2.35. The van der Waals surface area contributed by atoms with Crippen LogP contribution in [0.1, 0.15) is 38.5 Å². The van der Waals surface area contributed by atoms with E-state index in [1.54, 1.807) is 0 Å². The number of aliphatic hydroxyl groups excluding tert-OH is 2. The van der Waals surface area contributed by atoms with Gasteiger partial charge in [0.15, 0.2) is 17.8 Å². The number of ether oxygens (including phenoxy) is 1. The Kier molecular flexibility index (Phi) is 14.9. The van der Waals surface area contributed by atoms with Gasteiger partial charge in [0.1, 0.15) is 18.3 Å². The van der Waals surface area contributed by atoms with Gasteiger partial charge in [-0.15, -0.1) is 0 Å². The van der Waals surface area contributed by atoms with Crippen molar-refractivity contribution in [2.45, 2.75) is 63.1 Å². The first kappa shape index (κ1) is 37.5. The maximum Gasteiger partial charge on any atom is 0.353 e. The minimum atomic E-state index is -5.90. The van der Waals surface area contributed by atoms with Gasteiger partial charge in [-0.2, -0.15) is 17.6 Å². The second-order valence-corrected chi connectivity index (χ2v) is 13.4. The summed E-state index contributed by atoms with van der Waals surface area (Å²) in [6.07, 6.45) is 0.635. The lowest BCUT2D eigenvalue weighted by atomic mass is 10.1. The first-order valence-electron chi connectivity index (χ1n) is 14.2. The Morgan fingerprint density at radius 3 is 2.56 bits per heavy atom. The maximum absolute atomic E-state index is 12.3. The van der Waals surface area contributed by atoms with E-state index in [2.05, 4.69) is 52.4 Å². The van der Waals surface area contributed by atoms with Crippen molar-refractivity contribution in [3.63, 3.8) is 0 Å². The van der Waals surface area contributed by atoms with Crippen LogP contribution in [0.4, 0.5) is 5.82 Å². The van der Waals surface area contributed by atoms with E-state index in [1.807, 2.05) is 0 Å². The summed E-state index contributed by atoms with van der Waals surface area (Å²) in [5, 5.41) is 37.9. The fourth-order valence-electron chi connectivity index (χ4n) is 4.51. The van der Waals surface area contributed by atoms with E-state index in [0.29, 0.717) is 18.8 Å². The second kappa shape index (κ2) is 17.8. The molecule has 5 unspecified atom stereocenters. The van der Waals surface area contributed by atoms with Gasteiger partial charge in [0, 0.05) is 18.8 Å². The number of aromatic nitrogens is 2. The van der Waals surface area contributed by atoms with Gasteiger partial charge in [-0.1, -0.05) is 12.8 Å². The molecule has 19 nitrogen and oxygen atoms in total. The number of phosphoric ester groups is 1. The van der Waals surface area contributed by atoms with Gasteiger partial charge in [0.05, 0.1) is 21.0 Å². The molecule has 2 aliphatic rings. The molecule has 254 valence electrons. The monoisotopic (exact) mass is 696 g/mol. The number of rotatable bonds is 21. The molecule has 1 aromatic heterocycles. The maximum atomic E-state index is 12.3. The van der Waals surface area contributed by atoms with E-state index in [-0.39, 0.29) is 35.8 Å². The van der Waals surface area contributed by atoms with E-state index in [1.165, 1.54) is 10.9 Å². The Bertz CT molecular complexity index is 1390. The molecule has 0 saturated carbocycles. The van der Waals surface area contributed by atoms with Crippen molar-refractivity contribution in [2.75, 3.05) is 50.5 Å². The molecule has 5 atom stereocenters. The molecule has 3 heterocycles. The number of nitrogens with zero attached hydrogens (tertiary/aromatic N) is 4. The molecule has 1 amide bonds. The standard InChI is InChI=1S/C23H40N8O11P2S/c24-15(6-5-9-45)10-25-7-3-1-2-4-8-26-17(32)11-27-21-18-22(29-13-28-21)31(14-30-18)23-20(34)19(33)16(41-23)12-40-44(38,39)42-43(35,36)37/h13,16,19-20,23-25,33-34H,1-12,14H2,(H5,26,32,35,36,37,38,39,45)/p-2. The summed E-state index contributed by atoms with van der Waals surface area (Å²) in [5.74, 6) is 0.758. The fraction of sp³-hybridized carbons (Fsp3) is 0.739. The van der Waals surface area contributed by atoms with Crippen molar-refractivity contribution < 1.29 is 52.4 Å². The summed E-state index contributed by atoms with van der Waals surface area (Å²) in [5.41, 5.74) is 0.886. The average Bonchev–Trinajstić information content (AvgIpc) is 3.52. The summed E-state index contributed by atoms with van der Waals surface area (Å²) in [7, 11) is -11.5. The molecule has 1 saturated heterocycles. The highest BCUT2D eigenvalue weighted by atomic mass is 32.1. The highest BCUT2D eigenvalue weighted by Gasteiger charge is 2.48. The summed E-state index contributed by atoms with van der Waals surface area (Å²) in [6.45, 7) is 0.793. The topological polar surface area (TPSA) is 290 Å². The molecule has 0 aromatic carbocycles. The minimum absolute atomic E-state index is 0.0935. The van der Waals surface area contributed by atoms with Crippen LogP contribution in [0, 0.1) is 5.41 Å². The Hall–Kier alpha value is -1.93. The molecule has 1 fully saturated rings. The van der Waals surface area contributed by atoms with Gasteiger partial charge in [-0.25, -0.2) is 9.57 Å². The Labute approximate surface area is 264 Å². The van der Waals surface area contributed by atoms with Crippen LogP contribution >= 0.6 is 28.3 Å². The van der Waals surface area contributed by atoms with Crippen molar-refractivity contribution >= 4 is 45.7 Å². The Balaban J connectivity index is 1.43. The normalized spacial score (nSPS) is 22.5. The number of amides is 1. The number of thiol groups is 1. The first-order valence-corrected chi connectivity index (χ1v) is 17.7. The van der Waals surface area contributed by atoms with Gasteiger partial charge in [0.2, 0.25) is 18.5 Å². The molecular formula is C23H38N8O11P2S-2. The lowest BCUT2D eigenvalue weighted by molar-refractivity contribution is -0.339. The fourth-order valence-corrected chi connectivity index (χ4v) is 6.16. The van der Waals surface area contributed by atoms with E-state index in [4.69, 9.17) is 10.1 Å². The second-order valence-electron chi connectivity index (χ2n) is 10.2. The minimum Gasteiger partial charge on any atom is -0.790 e. The molecule has 2 aliphatic heterocycles. The Morgan fingerprint density at radius 1 is 1.11 bits per heavy atom. The first-order chi connectivity index (χ1) is 21.3. The smallest absolute Gasteiger partial charge is 0.353 e. The number of hydrogen-bond donors (Lipinski definition) is 7. The zero-order valence-corrected chi connectivity index (χ0v) is 27.0. The van der Waals surface area contributed by atoms with Gasteiger partial charge in [-0.05, 0) is 43.0 Å². The number of anilines is 1. The zero-order valence-electron chi connectivity index (χ0n) is 24.3. The number of unbranched alkanes of at least 4 members (excludes halogenated alkanes) is 3. The third kappa shape index (κ3) is 12.3. The number of hydrogen-bond acceptors (Lipinski definition) is 18. The highest BCUT2D eigenvalue weighted by Crippen LogP contribution is 2.50. The lowest BCUT2D eigenvalue weighted by Crippen LogP contribution is -2.49. The van der Waals surface area contributed by atoms with Crippen molar-refractivity contribution in [2.24, 2.45) is 4.99 Å². The molecule has 0 radical (unpaired) electrons. The van der Waals surface area contributed by atoms with Gasteiger partial charge in [0.25, 0.3) is 7.82 Å². The van der Waals surface area contributed by atoms with Crippen LogP contribution in [0.15, 0.2) is 11.3 Å². The van der Waals surface area contributed by atoms with Gasteiger partial charge < -0.3 is 60.1 Å². The largest absolute Gasteiger partial charge is 0.790 e. The number of carbonyl (C=O) groups is 1. The molecule has 6 N–H and O–H groups in total. The third-order valence-corrected chi connectivity index (χ3v) is 9.07. The number of carbonyl (C=O) groups excluding carboxylic acids is 1. The Morgan fingerprint density at radius 2 is 1.84 bits per heavy atom.